The summed E-state index contributed by atoms with van der Waals surface area (Å²) >= 11 is 0. The minimum atomic E-state index is -0.519. The van der Waals surface area contributed by atoms with Crippen LogP contribution in [0, 0.1) is 0 Å². The normalized spacial score (nSPS) is 23.2. The van der Waals surface area contributed by atoms with Gasteiger partial charge in [-0.25, -0.2) is 0 Å². The first-order chi connectivity index (χ1) is 9.82. The minimum absolute atomic E-state index is 0.278. The van der Waals surface area contributed by atoms with E-state index in [-0.39, 0.29) is 6.10 Å². The van der Waals surface area contributed by atoms with E-state index in [1.807, 2.05) is 33.8 Å². The van der Waals surface area contributed by atoms with Gasteiger partial charge in [-0.2, -0.15) is 0 Å². The lowest BCUT2D eigenvalue weighted by atomic mass is 9.83. The summed E-state index contributed by atoms with van der Waals surface area (Å²) in [5, 5.41) is 0. The molecule has 3 rings (SSSR count). The number of nitrogens with zero attached hydrogens (tertiary/aromatic N) is 1. The number of hydrogen-bond donors (Lipinski definition) is 0. The topological polar surface area (TPSA) is 49.8 Å². The van der Waals surface area contributed by atoms with Crippen molar-refractivity contribution in [3.05, 3.63) is 12.3 Å². The smallest absolute Gasteiger partial charge is 0.495 e. The molecule has 0 aromatic carbocycles. The zero-order valence-electron chi connectivity index (χ0n) is 13.3. The van der Waals surface area contributed by atoms with E-state index in [0.717, 1.165) is 12.8 Å². The first-order valence-corrected chi connectivity index (χ1v) is 7.38. The van der Waals surface area contributed by atoms with Gasteiger partial charge in [0, 0.05) is 6.07 Å². The molecule has 0 unspecified atom stereocenters. The van der Waals surface area contributed by atoms with Crippen molar-refractivity contribution in [2.24, 2.45) is 0 Å². The van der Waals surface area contributed by atoms with Crippen LogP contribution in [-0.2, 0) is 9.31 Å². The third-order valence-corrected chi connectivity index (χ3v) is 4.39. The third kappa shape index (κ3) is 2.74. The summed E-state index contributed by atoms with van der Waals surface area (Å²) in [4.78, 5) is 4.44. The Bertz CT molecular complexity index is 526. The maximum Gasteiger partial charge on any atom is 0.518 e. The average Bonchev–Trinajstić information content (AvgIpc) is 3.17. The maximum atomic E-state index is 6.06. The zero-order chi connectivity index (χ0) is 15.3. The van der Waals surface area contributed by atoms with Crippen LogP contribution in [0.5, 0.6) is 11.5 Å². The van der Waals surface area contributed by atoms with Gasteiger partial charge in [0.15, 0.2) is 0 Å². The van der Waals surface area contributed by atoms with E-state index in [2.05, 4.69) is 4.98 Å². The van der Waals surface area contributed by atoms with Crippen molar-refractivity contribution in [2.75, 3.05) is 7.11 Å². The molecule has 2 heterocycles. The van der Waals surface area contributed by atoms with Gasteiger partial charge in [0.25, 0.3) is 0 Å². The second-order valence-electron chi connectivity index (χ2n) is 6.66. The molecule has 1 aliphatic carbocycles. The zero-order valence-corrected chi connectivity index (χ0v) is 13.3. The Labute approximate surface area is 126 Å². The highest BCUT2D eigenvalue weighted by Gasteiger charge is 2.53. The first-order valence-electron chi connectivity index (χ1n) is 7.38. The fourth-order valence-corrected chi connectivity index (χ4v) is 2.14. The SMILES string of the molecule is COc1cnc(B2OC(C)(C)C(C)(C)O2)c(OC2CC2)c1. The van der Waals surface area contributed by atoms with Gasteiger partial charge in [-0.1, -0.05) is 0 Å². The Hall–Kier alpha value is -1.27. The summed E-state index contributed by atoms with van der Waals surface area (Å²) in [6.07, 6.45) is 4.11. The predicted octanol–water partition coefficient (Wildman–Crippen LogP) is 1.93. The summed E-state index contributed by atoms with van der Waals surface area (Å²) in [5.41, 5.74) is -0.104. The van der Waals surface area contributed by atoms with E-state index in [1.165, 1.54) is 0 Å². The summed E-state index contributed by atoms with van der Waals surface area (Å²) in [5.74, 6) is 1.36. The number of rotatable bonds is 4. The van der Waals surface area contributed by atoms with Gasteiger partial charge in [0.05, 0.1) is 30.6 Å². The Morgan fingerprint density at radius 1 is 1.19 bits per heavy atom. The van der Waals surface area contributed by atoms with Crippen LogP contribution in [0.2, 0.25) is 0 Å². The van der Waals surface area contributed by atoms with Crippen LogP contribution >= 0.6 is 0 Å². The monoisotopic (exact) mass is 291 g/mol. The third-order valence-electron chi connectivity index (χ3n) is 4.39. The molecule has 2 fully saturated rings. The fourth-order valence-electron chi connectivity index (χ4n) is 2.14. The van der Waals surface area contributed by atoms with E-state index in [0.29, 0.717) is 17.1 Å². The van der Waals surface area contributed by atoms with E-state index in [1.54, 1.807) is 13.3 Å². The van der Waals surface area contributed by atoms with Gasteiger partial charge in [0.2, 0.25) is 0 Å². The Morgan fingerprint density at radius 2 is 1.81 bits per heavy atom. The van der Waals surface area contributed by atoms with Gasteiger partial charge >= 0.3 is 7.12 Å². The van der Waals surface area contributed by atoms with E-state index in [9.17, 15) is 0 Å². The van der Waals surface area contributed by atoms with Crippen molar-refractivity contribution in [3.8, 4) is 11.5 Å². The molecule has 114 valence electrons. The largest absolute Gasteiger partial charge is 0.518 e. The van der Waals surface area contributed by atoms with Gasteiger partial charge < -0.3 is 18.8 Å². The van der Waals surface area contributed by atoms with Crippen molar-refractivity contribution in [2.45, 2.75) is 57.8 Å². The summed E-state index contributed by atoms with van der Waals surface area (Å²) in [6, 6.07) is 1.85. The predicted molar refractivity (Wildman–Crippen MR) is 80.2 cm³/mol. The summed E-state index contributed by atoms with van der Waals surface area (Å²) in [7, 11) is 1.10. The quantitative estimate of drug-likeness (QED) is 0.793. The summed E-state index contributed by atoms with van der Waals surface area (Å²) < 4.78 is 23.3. The van der Waals surface area contributed by atoms with Crippen LogP contribution in [0.15, 0.2) is 12.3 Å². The van der Waals surface area contributed by atoms with Gasteiger partial charge in [-0.3, -0.25) is 4.98 Å². The van der Waals surface area contributed by atoms with Crippen LogP contribution in [0.25, 0.3) is 0 Å². The van der Waals surface area contributed by atoms with Gasteiger partial charge in [-0.15, -0.1) is 0 Å². The summed E-state index contributed by atoms with van der Waals surface area (Å²) in [6.45, 7) is 8.10. The molecule has 0 bridgehead atoms. The molecule has 6 heteroatoms. The highest BCUT2D eigenvalue weighted by atomic mass is 16.7. The number of methoxy groups -OCH3 is 1. The lowest BCUT2D eigenvalue weighted by Gasteiger charge is -2.32. The number of ether oxygens (including phenoxy) is 2. The highest BCUT2D eigenvalue weighted by Crippen LogP contribution is 2.37. The fraction of sp³-hybridized carbons (Fsp3) is 0.667. The van der Waals surface area contributed by atoms with Crippen molar-refractivity contribution < 1.29 is 18.8 Å². The molecule has 21 heavy (non-hydrogen) atoms. The molecule has 0 amide bonds. The average molecular weight is 291 g/mol. The molecular formula is C15H22BNO4. The Balaban J connectivity index is 1.91. The minimum Gasteiger partial charge on any atom is -0.495 e. The standard InChI is InChI=1S/C15H22BNO4/c1-14(2)15(3,4)21-16(20-14)13-12(19-10-6-7-10)8-11(18-5)9-17-13/h8-10H,6-7H2,1-5H3. The molecule has 1 saturated carbocycles. The van der Waals surface area contributed by atoms with Crippen molar-refractivity contribution in [1.29, 1.82) is 0 Å². The van der Waals surface area contributed by atoms with E-state index in [4.69, 9.17) is 18.8 Å². The van der Waals surface area contributed by atoms with Crippen LogP contribution in [0.4, 0.5) is 0 Å². The van der Waals surface area contributed by atoms with Gasteiger partial charge in [-0.05, 0) is 40.5 Å². The number of hydrogen-bond acceptors (Lipinski definition) is 5. The van der Waals surface area contributed by atoms with E-state index < -0.39 is 18.3 Å². The second-order valence-corrected chi connectivity index (χ2v) is 6.66. The molecular weight excluding hydrogens is 269 g/mol. The van der Waals surface area contributed by atoms with Crippen molar-refractivity contribution in [3.63, 3.8) is 0 Å². The number of pyridine rings is 1. The molecule has 1 saturated heterocycles. The lowest BCUT2D eigenvalue weighted by Crippen LogP contribution is -2.41. The Morgan fingerprint density at radius 3 is 2.33 bits per heavy atom. The molecule has 0 radical (unpaired) electrons. The molecule has 1 aromatic heterocycles. The molecule has 0 atom stereocenters. The maximum absolute atomic E-state index is 6.06. The Kier molecular flexibility index (Phi) is 3.41. The van der Waals surface area contributed by atoms with Crippen molar-refractivity contribution in [1.82, 2.24) is 4.98 Å². The second kappa shape index (κ2) is 4.88. The molecule has 2 aliphatic rings. The molecule has 0 spiro atoms. The molecule has 1 aromatic rings. The first kappa shape index (κ1) is 14.7. The van der Waals surface area contributed by atoms with E-state index >= 15 is 0 Å². The van der Waals surface area contributed by atoms with Gasteiger partial charge in [0.1, 0.15) is 17.1 Å². The number of aromatic nitrogens is 1. The van der Waals surface area contributed by atoms with Crippen molar-refractivity contribution >= 4 is 12.7 Å². The lowest BCUT2D eigenvalue weighted by molar-refractivity contribution is 0.00578. The molecule has 5 nitrogen and oxygen atoms in total. The van der Waals surface area contributed by atoms with Crippen LogP contribution in [0.1, 0.15) is 40.5 Å². The molecule has 1 aliphatic heterocycles. The van der Waals surface area contributed by atoms with Crippen LogP contribution in [0.3, 0.4) is 0 Å². The van der Waals surface area contributed by atoms with Crippen LogP contribution < -0.4 is 15.1 Å². The van der Waals surface area contributed by atoms with Crippen LogP contribution in [-0.4, -0.2) is 36.5 Å². The molecule has 0 N–H and O–H groups in total. The highest BCUT2D eigenvalue weighted by molar-refractivity contribution is 6.62.